The van der Waals surface area contributed by atoms with Gasteiger partial charge in [0.05, 0.1) is 17.0 Å². The van der Waals surface area contributed by atoms with Gasteiger partial charge < -0.3 is 10.0 Å². The van der Waals surface area contributed by atoms with Gasteiger partial charge in [0, 0.05) is 19.0 Å². The zero-order valence-electron chi connectivity index (χ0n) is 18.1. The highest BCUT2D eigenvalue weighted by Gasteiger charge is 2.33. The number of carboxylic acid groups (broad SMARTS) is 1. The summed E-state index contributed by atoms with van der Waals surface area (Å²) >= 11 is 1.28. The van der Waals surface area contributed by atoms with Gasteiger partial charge in [-0.3, -0.25) is 20.4 Å². The van der Waals surface area contributed by atoms with Crippen molar-refractivity contribution in [2.24, 2.45) is 0 Å². The molecule has 2 aromatic heterocycles. The molecular weight excluding hydrogens is 477 g/mol. The van der Waals surface area contributed by atoms with E-state index in [-0.39, 0.29) is 24.6 Å². The number of nitrogens with one attached hydrogen (secondary N) is 2. The van der Waals surface area contributed by atoms with Crippen LogP contribution in [0.15, 0.2) is 23.4 Å². The number of rotatable bonds is 4. The third kappa shape index (κ3) is 5.73. The first-order valence-corrected chi connectivity index (χ1v) is 11.3. The summed E-state index contributed by atoms with van der Waals surface area (Å²) in [6.07, 6.45) is -3.09. The van der Waals surface area contributed by atoms with Gasteiger partial charge in [0.1, 0.15) is 11.4 Å². The lowest BCUT2D eigenvalue weighted by atomic mass is 9.90. The second kappa shape index (κ2) is 10.2. The summed E-state index contributed by atoms with van der Waals surface area (Å²) < 4.78 is 38.5. The van der Waals surface area contributed by atoms with Crippen LogP contribution >= 0.6 is 11.8 Å². The van der Waals surface area contributed by atoms with Gasteiger partial charge in [0.25, 0.3) is 11.8 Å². The average molecular weight is 498 g/mol. The van der Waals surface area contributed by atoms with Crippen LogP contribution in [0.25, 0.3) is 0 Å². The molecule has 0 saturated carbocycles. The highest BCUT2D eigenvalue weighted by Crippen LogP contribution is 2.31. The Morgan fingerprint density at radius 1 is 1.09 bits per heavy atom. The monoisotopic (exact) mass is 498 g/mol. The summed E-state index contributed by atoms with van der Waals surface area (Å²) in [6.45, 7) is 2.15. The van der Waals surface area contributed by atoms with Gasteiger partial charge in [0.15, 0.2) is 5.16 Å². The molecule has 1 aliphatic heterocycles. The van der Waals surface area contributed by atoms with Gasteiger partial charge >= 0.3 is 12.3 Å². The number of alkyl halides is 3. The minimum atomic E-state index is -4.72. The van der Waals surface area contributed by atoms with E-state index in [0.717, 1.165) is 18.2 Å². The Balaban J connectivity index is 1.79. The molecule has 0 spiro atoms. The number of carbonyl (C=O) groups excluding carboxylic acids is 2. The number of aromatic nitrogens is 3. The van der Waals surface area contributed by atoms with Crippen molar-refractivity contribution in [3.63, 3.8) is 0 Å². The van der Waals surface area contributed by atoms with Crippen LogP contribution < -0.4 is 10.9 Å². The van der Waals surface area contributed by atoms with Crippen LogP contribution in [-0.4, -0.2) is 62.2 Å². The minimum Gasteiger partial charge on any atom is -0.465 e. The van der Waals surface area contributed by atoms with Gasteiger partial charge in [-0.1, -0.05) is 17.8 Å². The Hall–Kier alpha value is -3.42. The second-order valence-corrected chi connectivity index (χ2v) is 8.19. The highest BCUT2D eigenvalue weighted by atomic mass is 32.2. The molecule has 3 heterocycles. The van der Waals surface area contributed by atoms with E-state index in [4.69, 9.17) is 5.11 Å². The first-order chi connectivity index (χ1) is 16.0. The van der Waals surface area contributed by atoms with E-state index >= 15 is 0 Å². The van der Waals surface area contributed by atoms with Gasteiger partial charge in [0.2, 0.25) is 0 Å². The number of piperidine rings is 1. The topological polar surface area (TPSA) is 137 Å². The zero-order valence-corrected chi connectivity index (χ0v) is 19.0. The average Bonchev–Trinajstić information content (AvgIpc) is 2.81. The molecule has 3 N–H and O–H groups in total. The van der Waals surface area contributed by atoms with E-state index in [1.807, 2.05) is 0 Å². The quantitative estimate of drug-likeness (QED) is 0.333. The van der Waals surface area contributed by atoms with Crippen molar-refractivity contribution in [3.8, 4) is 0 Å². The molecule has 0 aromatic carbocycles. The third-order valence-electron chi connectivity index (χ3n) is 5.22. The van der Waals surface area contributed by atoms with Crippen molar-refractivity contribution in [1.29, 1.82) is 0 Å². The Labute approximate surface area is 196 Å². The Bertz CT molecular complexity index is 1110. The molecule has 1 fully saturated rings. The molecule has 3 rings (SSSR count). The van der Waals surface area contributed by atoms with Crippen molar-refractivity contribution >= 4 is 29.7 Å². The zero-order chi connectivity index (χ0) is 25.0. The number of amides is 3. The molecule has 2 aromatic rings. The summed E-state index contributed by atoms with van der Waals surface area (Å²) in [5.41, 5.74) is 3.38. The first kappa shape index (κ1) is 25.2. The van der Waals surface area contributed by atoms with Crippen molar-refractivity contribution in [2.45, 2.75) is 37.0 Å². The van der Waals surface area contributed by atoms with Gasteiger partial charge in [-0.2, -0.15) is 13.2 Å². The summed E-state index contributed by atoms with van der Waals surface area (Å²) in [5.74, 6) is -2.00. The molecule has 1 aliphatic rings. The number of halogens is 3. The number of carbonyl (C=O) groups is 3. The molecule has 182 valence electrons. The fourth-order valence-corrected chi connectivity index (χ4v) is 3.96. The Morgan fingerprint density at radius 3 is 2.32 bits per heavy atom. The molecule has 0 radical (unpaired) electrons. The number of hydrogen-bond donors (Lipinski definition) is 3. The fraction of sp³-hybridized carbons (Fsp3) is 0.400. The Kier molecular flexibility index (Phi) is 7.59. The fourth-order valence-electron chi connectivity index (χ4n) is 3.54. The van der Waals surface area contributed by atoms with Crippen LogP contribution in [-0.2, 0) is 6.18 Å². The Morgan fingerprint density at radius 2 is 1.74 bits per heavy atom. The molecule has 14 heteroatoms. The second-order valence-electron chi connectivity index (χ2n) is 7.41. The molecule has 0 unspecified atom stereocenters. The number of aryl methyl sites for hydroxylation is 1. The number of hydrazine groups is 1. The summed E-state index contributed by atoms with van der Waals surface area (Å²) in [5, 5.41) is 9.60. The first-order valence-electron chi connectivity index (χ1n) is 10.1. The lowest BCUT2D eigenvalue weighted by Gasteiger charge is -2.30. The standard InChI is InChI=1S/C20H21F3N6O4S/c1-10-14(15(26-18(24-10)34-2)11-6-8-29(9-7-11)19(32)33)17(31)28-27-16(30)12-4-3-5-13(25-12)20(21,22)23/h3-5,11H,6-9H2,1-2H3,(H,27,30)(H,28,31)(H,32,33). The molecule has 0 atom stereocenters. The largest absolute Gasteiger partial charge is 0.465 e. The predicted octanol–water partition coefficient (Wildman–Crippen LogP) is 2.85. The summed E-state index contributed by atoms with van der Waals surface area (Å²) in [6, 6.07) is 2.85. The number of thioether (sulfide) groups is 1. The van der Waals surface area contributed by atoms with E-state index < -0.39 is 35.5 Å². The summed E-state index contributed by atoms with van der Waals surface area (Å²) in [4.78, 5) is 49.7. The molecule has 0 aliphatic carbocycles. The van der Waals surface area contributed by atoms with Crippen molar-refractivity contribution in [2.75, 3.05) is 19.3 Å². The molecule has 1 saturated heterocycles. The third-order valence-corrected chi connectivity index (χ3v) is 5.77. The van der Waals surface area contributed by atoms with Crippen LogP contribution in [0.4, 0.5) is 18.0 Å². The summed E-state index contributed by atoms with van der Waals surface area (Å²) in [7, 11) is 0. The molecular formula is C20H21F3N6O4S. The molecule has 10 nitrogen and oxygen atoms in total. The lowest BCUT2D eigenvalue weighted by Crippen LogP contribution is -2.43. The predicted molar refractivity (Wildman–Crippen MR) is 114 cm³/mol. The lowest BCUT2D eigenvalue weighted by molar-refractivity contribution is -0.141. The van der Waals surface area contributed by atoms with Gasteiger partial charge in [-0.15, -0.1) is 0 Å². The maximum absolute atomic E-state index is 12.9. The van der Waals surface area contributed by atoms with E-state index in [1.54, 1.807) is 13.2 Å². The number of likely N-dealkylation sites (tertiary alicyclic amines) is 1. The van der Waals surface area contributed by atoms with Crippen molar-refractivity contribution < 1.29 is 32.7 Å². The van der Waals surface area contributed by atoms with Gasteiger partial charge in [-0.05, 0) is 38.2 Å². The van der Waals surface area contributed by atoms with Crippen molar-refractivity contribution in [1.82, 2.24) is 30.7 Å². The number of pyridine rings is 1. The number of hydrogen-bond acceptors (Lipinski definition) is 7. The SMILES string of the molecule is CSc1nc(C)c(C(=O)NNC(=O)c2cccc(C(F)(F)F)n2)c(C2CCN(C(=O)O)CC2)n1. The molecule has 3 amide bonds. The van der Waals surface area contributed by atoms with Crippen LogP contribution in [0.2, 0.25) is 0 Å². The van der Waals surface area contributed by atoms with Crippen molar-refractivity contribution in [3.05, 3.63) is 46.5 Å². The molecule has 34 heavy (non-hydrogen) atoms. The number of nitrogens with zero attached hydrogens (tertiary/aromatic N) is 4. The van der Waals surface area contributed by atoms with E-state index in [2.05, 4.69) is 25.8 Å². The van der Waals surface area contributed by atoms with Crippen LogP contribution in [0.1, 0.15) is 56.7 Å². The normalized spacial score (nSPS) is 14.6. The van der Waals surface area contributed by atoms with Crippen LogP contribution in [0.3, 0.4) is 0 Å². The highest BCUT2D eigenvalue weighted by molar-refractivity contribution is 7.98. The van der Waals surface area contributed by atoms with Crippen LogP contribution in [0, 0.1) is 6.92 Å². The van der Waals surface area contributed by atoms with E-state index in [9.17, 15) is 27.6 Å². The van der Waals surface area contributed by atoms with Crippen LogP contribution in [0.5, 0.6) is 0 Å². The van der Waals surface area contributed by atoms with Gasteiger partial charge in [-0.25, -0.2) is 19.7 Å². The maximum Gasteiger partial charge on any atom is 0.433 e. The minimum absolute atomic E-state index is 0.115. The van der Waals surface area contributed by atoms with E-state index in [1.165, 1.54) is 16.7 Å². The maximum atomic E-state index is 12.9. The van der Waals surface area contributed by atoms with E-state index in [0.29, 0.717) is 29.4 Å². The molecule has 0 bridgehead atoms. The smallest absolute Gasteiger partial charge is 0.433 e.